The lowest BCUT2D eigenvalue weighted by molar-refractivity contribution is 0.843. The predicted molar refractivity (Wildman–Crippen MR) is 85.9 cm³/mol. The van der Waals surface area contributed by atoms with Crippen molar-refractivity contribution < 1.29 is 0 Å². The second-order valence-electron chi connectivity index (χ2n) is 4.55. The number of fused-ring (bicyclic) bond motifs is 1. The molecule has 3 aromatic rings. The van der Waals surface area contributed by atoms with Gasteiger partial charge < -0.3 is 4.90 Å². The van der Waals surface area contributed by atoms with Gasteiger partial charge in [-0.1, -0.05) is 6.92 Å². The number of thiazole rings is 1. The fraction of sp³-hybridized carbons (Fsp3) is 0.357. The number of aryl methyl sites for hydroxylation is 1. The molecule has 20 heavy (non-hydrogen) atoms. The molecule has 3 heterocycles. The van der Waals surface area contributed by atoms with Gasteiger partial charge in [-0.2, -0.15) is 0 Å². The van der Waals surface area contributed by atoms with Crippen LogP contribution in [-0.4, -0.2) is 28.5 Å². The zero-order valence-corrected chi connectivity index (χ0v) is 13.2. The fourth-order valence-corrected chi connectivity index (χ4v) is 3.46. The van der Waals surface area contributed by atoms with Crippen molar-refractivity contribution >= 4 is 38.7 Å². The molecule has 3 rings (SSSR count). The first kappa shape index (κ1) is 13.5. The van der Waals surface area contributed by atoms with Crippen LogP contribution in [0, 0.1) is 0 Å². The van der Waals surface area contributed by atoms with E-state index in [4.69, 9.17) is 4.98 Å². The molecule has 0 saturated carbocycles. The van der Waals surface area contributed by atoms with Crippen LogP contribution >= 0.6 is 22.7 Å². The molecule has 4 nitrogen and oxygen atoms in total. The van der Waals surface area contributed by atoms with E-state index in [1.54, 1.807) is 22.7 Å². The number of hydrogen-bond acceptors (Lipinski definition) is 6. The molecule has 104 valence electrons. The maximum Gasteiger partial charge on any atom is 0.140 e. The Bertz CT molecular complexity index is 690. The summed E-state index contributed by atoms with van der Waals surface area (Å²) in [6, 6.07) is 2.11. The number of aromatic nitrogens is 3. The highest BCUT2D eigenvalue weighted by Gasteiger charge is 2.12. The van der Waals surface area contributed by atoms with Crippen LogP contribution in [0.15, 0.2) is 23.0 Å². The number of nitrogens with zero attached hydrogens (tertiary/aromatic N) is 4. The van der Waals surface area contributed by atoms with Crippen molar-refractivity contribution in [3.05, 3.63) is 33.9 Å². The monoisotopic (exact) mass is 304 g/mol. The molecule has 0 aliphatic carbocycles. The van der Waals surface area contributed by atoms with Crippen molar-refractivity contribution in [2.24, 2.45) is 0 Å². The van der Waals surface area contributed by atoms with Gasteiger partial charge in [-0.15, -0.1) is 22.7 Å². The third-order valence-corrected chi connectivity index (χ3v) is 4.82. The van der Waals surface area contributed by atoms with Gasteiger partial charge in [0.05, 0.1) is 10.4 Å². The van der Waals surface area contributed by atoms with Crippen molar-refractivity contribution in [3.63, 3.8) is 0 Å². The van der Waals surface area contributed by atoms with Crippen LogP contribution in [0.4, 0.5) is 5.82 Å². The van der Waals surface area contributed by atoms with E-state index in [1.807, 2.05) is 11.6 Å². The van der Waals surface area contributed by atoms with Gasteiger partial charge in [0, 0.05) is 38.0 Å². The van der Waals surface area contributed by atoms with Gasteiger partial charge in [0.15, 0.2) is 0 Å². The molecule has 3 aromatic heterocycles. The Morgan fingerprint density at radius 3 is 2.85 bits per heavy atom. The highest BCUT2D eigenvalue weighted by atomic mass is 32.1. The van der Waals surface area contributed by atoms with Crippen LogP contribution < -0.4 is 4.90 Å². The van der Waals surface area contributed by atoms with E-state index < -0.39 is 0 Å². The topological polar surface area (TPSA) is 41.9 Å². The van der Waals surface area contributed by atoms with Crippen molar-refractivity contribution in [1.29, 1.82) is 0 Å². The summed E-state index contributed by atoms with van der Waals surface area (Å²) in [5.74, 6) is 1.95. The maximum absolute atomic E-state index is 4.70. The SMILES string of the molecule is CCc1nc(N(C)CCc2nccs2)c2ccsc2n1. The highest BCUT2D eigenvalue weighted by molar-refractivity contribution is 7.16. The smallest absolute Gasteiger partial charge is 0.140 e. The molecule has 6 heteroatoms. The van der Waals surface area contributed by atoms with E-state index in [2.05, 4.69) is 40.3 Å². The summed E-state index contributed by atoms with van der Waals surface area (Å²) in [6.45, 7) is 3.01. The zero-order chi connectivity index (χ0) is 13.9. The molecule has 0 aliphatic heterocycles. The average molecular weight is 304 g/mol. The van der Waals surface area contributed by atoms with E-state index in [1.165, 1.54) is 5.01 Å². The molecule has 0 unspecified atom stereocenters. The largest absolute Gasteiger partial charge is 0.359 e. The standard InChI is InChI=1S/C14H16N4S2/c1-3-11-16-13(10-5-8-20-14(10)17-11)18(2)7-4-12-15-6-9-19-12/h5-6,8-9H,3-4,7H2,1-2H3. The van der Waals surface area contributed by atoms with Crippen LogP contribution in [0.1, 0.15) is 17.8 Å². The molecule has 0 atom stereocenters. The summed E-state index contributed by atoms with van der Waals surface area (Å²) in [6.07, 6.45) is 3.67. The molecule has 0 aliphatic rings. The number of hydrogen-bond donors (Lipinski definition) is 0. The highest BCUT2D eigenvalue weighted by Crippen LogP contribution is 2.27. The van der Waals surface area contributed by atoms with Crippen LogP contribution in [0.2, 0.25) is 0 Å². The fourth-order valence-electron chi connectivity index (χ4n) is 2.08. The molecule has 0 saturated heterocycles. The van der Waals surface area contributed by atoms with Crippen LogP contribution in [0.3, 0.4) is 0 Å². The van der Waals surface area contributed by atoms with Gasteiger partial charge in [-0.25, -0.2) is 15.0 Å². The third kappa shape index (κ3) is 2.66. The summed E-state index contributed by atoms with van der Waals surface area (Å²) < 4.78 is 0. The minimum atomic E-state index is 0.862. The Balaban J connectivity index is 1.86. The lowest BCUT2D eigenvalue weighted by atomic mass is 10.3. The molecular weight excluding hydrogens is 288 g/mol. The van der Waals surface area contributed by atoms with Crippen LogP contribution in [-0.2, 0) is 12.8 Å². The van der Waals surface area contributed by atoms with Crippen LogP contribution in [0.25, 0.3) is 10.2 Å². The summed E-state index contributed by atoms with van der Waals surface area (Å²) in [7, 11) is 2.09. The molecule has 0 radical (unpaired) electrons. The molecule has 0 N–H and O–H groups in total. The summed E-state index contributed by atoms with van der Waals surface area (Å²) in [4.78, 5) is 16.9. The summed E-state index contributed by atoms with van der Waals surface area (Å²) in [5, 5.41) is 6.42. The van der Waals surface area contributed by atoms with Crippen molar-refractivity contribution in [2.45, 2.75) is 19.8 Å². The molecular formula is C14H16N4S2. The van der Waals surface area contributed by atoms with Gasteiger partial charge in [-0.05, 0) is 11.4 Å². The molecule has 0 amide bonds. The molecule has 0 spiro atoms. The van der Waals surface area contributed by atoms with Gasteiger partial charge in [0.1, 0.15) is 16.5 Å². The first-order valence-corrected chi connectivity index (χ1v) is 8.37. The first-order chi connectivity index (χ1) is 9.78. The zero-order valence-electron chi connectivity index (χ0n) is 11.5. The van der Waals surface area contributed by atoms with Crippen molar-refractivity contribution in [1.82, 2.24) is 15.0 Å². The number of anilines is 1. The maximum atomic E-state index is 4.70. The van der Waals surface area contributed by atoms with E-state index >= 15 is 0 Å². The van der Waals surface area contributed by atoms with Gasteiger partial charge in [0.25, 0.3) is 0 Å². The molecule has 0 bridgehead atoms. The predicted octanol–water partition coefficient (Wildman–Crippen LogP) is 3.39. The average Bonchev–Trinajstić information content (AvgIpc) is 3.14. The lowest BCUT2D eigenvalue weighted by Gasteiger charge is -2.19. The van der Waals surface area contributed by atoms with E-state index in [0.29, 0.717) is 0 Å². The quantitative estimate of drug-likeness (QED) is 0.724. The Morgan fingerprint density at radius 1 is 1.20 bits per heavy atom. The van der Waals surface area contributed by atoms with Crippen molar-refractivity contribution in [2.75, 3.05) is 18.5 Å². The third-order valence-electron chi connectivity index (χ3n) is 3.17. The molecule has 0 fully saturated rings. The normalized spacial score (nSPS) is 11.1. The summed E-state index contributed by atoms with van der Waals surface area (Å²) in [5.41, 5.74) is 0. The van der Waals surface area contributed by atoms with Gasteiger partial charge >= 0.3 is 0 Å². The minimum absolute atomic E-state index is 0.862. The Kier molecular flexibility index (Phi) is 3.93. The van der Waals surface area contributed by atoms with E-state index in [-0.39, 0.29) is 0 Å². The van der Waals surface area contributed by atoms with Gasteiger partial charge in [-0.3, -0.25) is 0 Å². The van der Waals surface area contributed by atoms with Crippen molar-refractivity contribution in [3.8, 4) is 0 Å². The Labute approximate surface area is 126 Å². The Morgan fingerprint density at radius 2 is 2.10 bits per heavy atom. The minimum Gasteiger partial charge on any atom is -0.359 e. The van der Waals surface area contributed by atoms with E-state index in [0.717, 1.165) is 41.2 Å². The second kappa shape index (κ2) is 5.85. The lowest BCUT2D eigenvalue weighted by Crippen LogP contribution is -2.22. The number of rotatable bonds is 5. The summed E-state index contributed by atoms with van der Waals surface area (Å²) >= 11 is 3.38. The Hall–Kier alpha value is -1.53. The van der Waals surface area contributed by atoms with Gasteiger partial charge in [0.2, 0.25) is 0 Å². The van der Waals surface area contributed by atoms with Crippen LogP contribution in [0.5, 0.6) is 0 Å². The number of likely N-dealkylation sites (N-methyl/N-ethyl adjacent to an activating group) is 1. The number of thiophene rings is 1. The molecule has 0 aromatic carbocycles. The van der Waals surface area contributed by atoms with E-state index in [9.17, 15) is 0 Å². The second-order valence-corrected chi connectivity index (χ2v) is 6.43. The first-order valence-electron chi connectivity index (χ1n) is 6.61.